The highest BCUT2D eigenvalue weighted by atomic mass is 16.6. The molecule has 0 saturated heterocycles. The third-order valence-electron chi connectivity index (χ3n) is 4.16. The van der Waals surface area contributed by atoms with Gasteiger partial charge in [0.1, 0.15) is 6.54 Å². The predicted molar refractivity (Wildman–Crippen MR) is 97.9 cm³/mol. The monoisotopic (exact) mass is 351 g/mol. The van der Waals surface area contributed by atoms with E-state index in [1.165, 1.54) is 34.9 Å². The summed E-state index contributed by atoms with van der Waals surface area (Å²) in [4.78, 5) is 35.0. The fourth-order valence-corrected chi connectivity index (χ4v) is 2.82. The van der Waals surface area contributed by atoms with E-state index in [-0.39, 0.29) is 29.7 Å². The minimum Gasteiger partial charge on any atom is -0.348 e. The van der Waals surface area contributed by atoms with Gasteiger partial charge in [-0.15, -0.1) is 0 Å². The Morgan fingerprint density at radius 3 is 2.58 bits per heavy atom. The van der Waals surface area contributed by atoms with Crippen molar-refractivity contribution in [3.8, 4) is 0 Å². The molecule has 2 aromatic carbocycles. The van der Waals surface area contributed by atoms with Gasteiger partial charge < -0.3 is 5.32 Å². The first-order chi connectivity index (χ1) is 12.5. The minimum atomic E-state index is -0.497. The summed E-state index contributed by atoms with van der Waals surface area (Å²) in [7, 11) is 0. The SMILES string of the molecule is CC(NC(=O)Cn1c(=O)ccc2cc([N+](=O)[O-])ccc21)c1ccccc1. The Labute approximate surface area is 149 Å². The molecule has 0 aliphatic carbocycles. The molecule has 0 spiro atoms. The van der Waals surface area contributed by atoms with Crippen LogP contribution in [0.15, 0.2) is 65.5 Å². The van der Waals surface area contributed by atoms with Crippen molar-refractivity contribution in [2.24, 2.45) is 0 Å². The van der Waals surface area contributed by atoms with Gasteiger partial charge in [0.25, 0.3) is 11.2 Å². The molecule has 3 rings (SSSR count). The highest BCUT2D eigenvalue weighted by Crippen LogP contribution is 2.19. The number of rotatable bonds is 5. The molecule has 3 aromatic rings. The molecule has 132 valence electrons. The molecule has 0 saturated carbocycles. The minimum absolute atomic E-state index is 0.0650. The number of amides is 1. The topological polar surface area (TPSA) is 94.2 Å². The van der Waals surface area contributed by atoms with Crippen LogP contribution in [-0.4, -0.2) is 15.4 Å². The van der Waals surface area contributed by atoms with Gasteiger partial charge >= 0.3 is 0 Å². The number of fused-ring (bicyclic) bond motifs is 1. The Balaban J connectivity index is 1.86. The van der Waals surface area contributed by atoms with Gasteiger partial charge in [0, 0.05) is 23.6 Å². The number of nitrogens with zero attached hydrogens (tertiary/aromatic N) is 2. The number of carbonyl (C=O) groups excluding carboxylic acids is 1. The van der Waals surface area contributed by atoms with Crippen LogP contribution in [0.25, 0.3) is 10.9 Å². The zero-order chi connectivity index (χ0) is 18.7. The summed E-state index contributed by atoms with van der Waals surface area (Å²) in [5.74, 6) is -0.311. The third kappa shape index (κ3) is 3.61. The Kier molecular flexibility index (Phi) is 4.79. The summed E-state index contributed by atoms with van der Waals surface area (Å²) in [6.07, 6.45) is 0. The molecular formula is C19H17N3O4. The largest absolute Gasteiger partial charge is 0.348 e. The average molecular weight is 351 g/mol. The number of benzene rings is 2. The smallest absolute Gasteiger partial charge is 0.270 e. The molecular weight excluding hydrogens is 334 g/mol. The van der Waals surface area contributed by atoms with Crippen molar-refractivity contribution in [3.63, 3.8) is 0 Å². The lowest BCUT2D eigenvalue weighted by Gasteiger charge is -2.16. The number of pyridine rings is 1. The van der Waals surface area contributed by atoms with E-state index in [2.05, 4.69) is 5.32 Å². The molecule has 0 bridgehead atoms. The van der Waals surface area contributed by atoms with Crippen LogP contribution in [0.5, 0.6) is 0 Å². The van der Waals surface area contributed by atoms with Gasteiger partial charge in [-0.1, -0.05) is 30.3 Å². The standard InChI is InChI=1S/C19H17N3O4/c1-13(14-5-3-2-4-6-14)20-18(23)12-21-17-9-8-16(22(25)26)11-15(17)7-10-19(21)24/h2-11,13H,12H2,1H3,(H,20,23). The Morgan fingerprint density at radius 1 is 1.15 bits per heavy atom. The Bertz CT molecular complexity index is 1030. The Morgan fingerprint density at radius 2 is 1.88 bits per heavy atom. The van der Waals surface area contributed by atoms with Crippen LogP contribution in [0.3, 0.4) is 0 Å². The van der Waals surface area contributed by atoms with E-state index in [0.717, 1.165) is 5.56 Å². The normalized spacial score (nSPS) is 11.9. The number of non-ortho nitro benzene ring substituents is 1. The second kappa shape index (κ2) is 7.18. The maximum Gasteiger partial charge on any atom is 0.270 e. The van der Waals surface area contributed by atoms with Crippen LogP contribution >= 0.6 is 0 Å². The van der Waals surface area contributed by atoms with Gasteiger partial charge in [0.05, 0.1) is 16.5 Å². The summed E-state index contributed by atoms with van der Waals surface area (Å²) < 4.78 is 1.31. The first-order valence-electron chi connectivity index (χ1n) is 8.08. The van der Waals surface area contributed by atoms with Crippen molar-refractivity contribution in [1.82, 2.24) is 9.88 Å². The molecule has 1 atom stereocenters. The molecule has 1 heterocycles. The van der Waals surface area contributed by atoms with Crippen molar-refractivity contribution in [2.45, 2.75) is 19.5 Å². The van der Waals surface area contributed by atoms with Gasteiger partial charge in [-0.3, -0.25) is 24.3 Å². The van der Waals surface area contributed by atoms with Gasteiger partial charge in [0.2, 0.25) is 5.91 Å². The van der Waals surface area contributed by atoms with Crippen LogP contribution in [0, 0.1) is 10.1 Å². The predicted octanol–water partition coefficient (Wildman–Crippen LogP) is 2.79. The molecule has 7 heteroatoms. The molecule has 1 amide bonds. The first kappa shape index (κ1) is 17.3. The highest BCUT2D eigenvalue weighted by molar-refractivity contribution is 5.84. The quantitative estimate of drug-likeness (QED) is 0.565. The van der Waals surface area contributed by atoms with E-state index in [9.17, 15) is 19.7 Å². The number of nitrogens with one attached hydrogen (secondary N) is 1. The number of nitro groups is 1. The maximum atomic E-state index is 12.4. The van der Waals surface area contributed by atoms with Crippen molar-refractivity contribution in [2.75, 3.05) is 0 Å². The second-order valence-corrected chi connectivity index (χ2v) is 5.96. The molecule has 0 aliphatic rings. The average Bonchev–Trinajstić information content (AvgIpc) is 2.64. The van der Waals surface area contributed by atoms with E-state index in [1.807, 2.05) is 37.3 Å². The molecule has 26 heavy (non-hydrogen) atoms. The van der Waals surface area contributed by atoms with Gasteiger partial charge in [-0.25, -0.2) is 0 Å². The zero-order valence-electron chi connectivity index (χ0n) is 14.1. The summed E-state index contributed by atoms with van der Waals surface area (Å²) in [5.41, 5.74) is 1.03. The van der Waals surface area contributed by atoms with Gasteiger partial charge in [-0.05, 0) is 24.6 Å². The second-order valence-electron chi connectivity index (χ2n) is 5.96. The van der Waals surface area contributed by atoms with Crippen molar-refractivity contribution in [3.05, 3.63) is 86.7 Å². The summed E-state index contributed by atoms with van der Waals surface area (Å²) >= 11 is 0. The van der Waals surface area contributed by atoms with Crippen LogP contribution < -0.4 is 10.9 Å². The van der Waals surface area contributed by atoms with E-state index in [4.69, 9.17) is 0 Å². The summed E-state index contributed by atoms with van der Waals surface area (Å²) in [6, 6.07) is 16.3. The fourth-order valence-electron chi connectivity index (χ4n) is 2.82. The molecule has 0 fully saturated rings. The van der Waals surface area contributed by atoms with Crippen molar-refractivity contribution < 1.29 is 9.72 Å². The molecule has 0 aliphatic heterocycles. The summed E-state index contributed by atoms with van der Waals surface area (Å²) in [6.45, 7) is 1.70. The van der Waals surface area contributed by atoms with Crippen LogP contribution in [0.4, 0.5) is 5.69 Å². The molecule has 0 radical (unpaired) electrons. The van der Waals surface area contributed by atoms with Crippen LogP contribution in [0.1, 0.15) is 18.5 Å². The fraction of sp³-hybridized carbons (Fsp3) is 0.158. The van der Waals surface area contributed by atoms with E-state index < -0.39 is 4.92 Å². The van der Waals surface area contributed by atoms with Gasteiger partial charge in [-0.2, -0.15) is 0 Å². The molecule has 1 aromatic heterocycles. The summed E-state index contributed by atoms with van der Waals surface area (Å²) in [5, 5.41) is 14.3. The van der Waals surface area contributed by atoms with Gasteiger partial charge in [0.15, 0.2) is 0 Å². The highest BCUT2D eigenvalue weighted by Gasteiger charge is 2.14. The maximum absolute atomic E-state index is 12.4. The lowest BCUT2D eigenvalue weighted by Crippen LogP contribution is -2.33. The molecule has 1 N–H and O–H groups in total. The van der Waals surface area contributed by atoms with E-state index in [0.29, 0.717) is 10.9 Å². The molecule has 7 nitrogen and oxygen atoms in total. The number of carbonyl (C=O) groups is 1. The third-order valence-corrected chi connectivity index (χ3v) is 4.16. The first-order valence-corrected chi connectivity index (χ1v) is 8.08. The van der Waals surface area contributed by atoms with Crippen molar-refractivity contribution in [1.29, 1.82) is 0 Å². The van der Waals surface area contributed by atoms with E-state index >= 15 is 0 Å². The lowest BCUT2D eigenvalue weighted by molar-refractivity contribution is -0.384. The van der Waals surface area contributed by atoms with Crippen molar-refractivity contribution >= 4 is 22.5 Å². The number of nitro benzene ring substituents is 1. The number of aromatic nitrogens is 1. The molecule has 1 unspecified atom stereocenters. The van der Waals surface area contributed by atoms with Crippen LogP contribution in [-0.2, 0) is 11.3 Å². The lowest BCUT2D eigenvalue weighted by atomic mass is 10.1. The Hall–Kier alpha value is -3.48. The number of hydrogen-bond donors (Lipinski definition) is 1. The zero-order valence-corrected chi connectivity index (χ0v) is 14.1. The van der Waals surface area contributed by atoms with E-state index in [1.54, 1.807) is 0 Å². The van der Waals surface area contributed by atoms with Crippen LogP contribution in [0.2, 0.25) is 0 Å². The number of hydrogen-bond acceptors (Lipinski definition) is 4.